The van der Waals surface area contributed by atoms with E-state index in [1.807, 2.05) is 36.4 Å². The molecule has 0 unspecified atom stereocenters. The highest BCUT2D eigenvalue weighted by Crippen LogP contribution is 2.17. The largest absolute Gasteiger partial charge is 0.489 e. The molecule has 0 N–H and O–H groups in total. The van der Waals surface area contributed by atoms with Gasteiger partial charge in [-0.05, 0) is 41.5 Å². The summed E-state index contributed by atoms with van der Waals surface area (Å²) in [6, 6.07) is 22.0. The maximum Gasteiger partial charge on any atom is 0.150 e. The molecule has 3 aromatic rings. The van der Waals surface area contributed by atoms with E-state index in [-0.39, 0.29) is 0 Å². The Hall–Kier alpha value is -3.40. The van der Waals surface area contributed by atoms with Crippen molar-refractivity contribution in [1.82, 2.24) is 0 Å². The Morgan fingerprint density at radius 2 is 1.08 bits per heavy atom. The van der Waals surface area contributed by atoms with Crippen LogP contribution in [0.25, 0.3) is 0 Å². The van der Waals surface area contributed by atoms with Crippen LogP contribution in [0.4, 0.5) is 0 Å². The van der Waals surface area contributed by atoms with Crippen molar-refractivity contribution >= 4 is 12.6 Å². The number of hydrogen-bond donors (Lipinski definition) is 0. The zero-order valence-corrected chi connectivity index (χ0v) is 14.1. The van der Waals surface area contributed by atoms with E-state index in [1.165, 1.54) is 0 Å². The van der Waals surface area contributed by atoms with E-state index in [1.54, 1.807) is 36.4 Å². The van der Waals surface area contributed by atoms with Gasteiger partial charge in [0.15, 0.2) is 0 Å². The summed E-state index contributed by atoms with van der Waals surface area (Å²) in [6.45, 7) is 0.799. The van der Waals surface area contributed by atoms with Gasteiger partial charge in [0.1, 0.15) is 37.3 Å². The highest BCUT2D eigenvalue weighted by atomic mass is 16.5. The van der Waals surface area contributed by atoms with Crippen molar-refractivity contribution in [3.63, 3.8) is 0 Å². The molecule has 0 saturated carbocycles. The molecule has 4 nitrogen and oxygen atoms in total. The molecule has 0 fully saturated rings. The average molecular weight is 346 g/mol. The van der Waals surface area contributed by atoms with Crippen molar-refractivity contribution in [1.29, 1.82) is 0 Å². The van der Waals surface area contributed by atoms with Gasteiger partial charge in [-0.3, -0.25) is 9.59 Å². The summed E-state index contributed by atoms with van der Waals surface area (Å²) in [5, 5.41) is 0. The van der Waals surface area contributed by atoms with Crippen molar-refractivity contribution in [3.05, 3.63) is 95.1 Å². The fourth-order valence-electron chi connectivity index (χ4n) is 2.50. The fraction of sp³-hybridized carbons (Fsp3) is 0.0909. The third-order valence-electron chi connectivity index (χ3n) is 3.79. The summed E-state index contributed by atoms with van der Waals surface area (Å²) in [4.78, 5) is 21.6. The summed E-state index contributed by atoms with van der Waals surface area (Å²) in [6.07, 6.45) is 1.59. The van der Waals surface area contributed by atoms with Crippen molar-refractivity contribution in [3.8, 4) is 11.5 Å². The minimum Gasteiger partial charge on any atom is -0.489 e. The Kier molecular flexibility index (Phi) is 5.78. The Morgan fingerprint density at radius 3 is 1.54 bits per heavy atom. The maximum absolute atomic E-state index is 10.8. The first kappa shape index (κ1) is 17.4. The van der Waals surface area contributed by atoms with E-state index in [0.717, 1.165) is 23.7 Å². The molecule has 0 aliphatic carbocycles. The van der Waals surface area contributed by atoms with Gasteiger partial charge < -0.3 is 9.47 Å². The number of aldehydes is 2. The molecule has 3 aromatic carbocycles. The number of carbonyl (C=O) groups is 2. The number of hydrogen-bond acceptors (Lipinski definition) is 4. The smallest absolute Gasteiger partial charge is 0.150 e. The summed E-state index contributed by atoms with van der Waals surface area (Å²) < 4.78 is 11.5. The lowest BCUT2D eigenvalue weighted by Crippen LogP contribution is -2.00. The van der Waals surface area contributed by atoms with E-state index < -0.39 is 0 Å². The number of carbonyl (C=O) groups excluding carboxylic acids is 2. The summed E-state index contributed by atoms with van der Waals surface area (Å²) in [7, 11) is 0. The molecular weight excluding hydrogens is 328 g/mol. The second-order valence-electron chi connectivity index (χ2n) is 5.78. The predicted molar refractivity (Wildman–Crippen MR) is 98.8 cm³/mol. The van der Waals surface area contributed by atoms with E-state index in [0.29, 0.717) is 35.8 Å². The van der Waals surface area contributed by atoms with Gasteiger partial charge in [-0.15, -0.1) is 0 Å². The van der Waals surface area contributed by atoms with E-state index in [2.05, 4.69) is 0 Å². The van der Waals surface area contributed by atoms with Gasteiger partial charge in [0.2, 0.25) is 0 Å². The highest BCUT2D eigenvalue weighted by Gasteiger charge is 2.02. The van der Waals surface area contributed by atoms with Gasteiger partial charge >= 0.3 is 0 Å². The molecule has 130 valence electrons. The second kappa shape index (κ2) is 8.62. The van der Waals surface area contributed by atoms with Gasteiger partial charge in [-0.2, -0.15) is 0 Å². The molecule has 0 saturated heterocycles. The molecule has 4 heteroatoms. The second-order valence-corrected chi connectivity index (χ2v) is 5.78. The molecule has 0 radical (unpaired) electrons. The maximum atomic E-state index is 10.8. The quantitative estimate of drug-likeness (QED) is 0.565. The van der Waals surface area contributed by atoms with E-state index >= 15 is 0 Å². The Balaban J connectivity index is 1.60. The van der Waals surface area contributed by atoms with Crippen molar-refractivity contribution in [2.24, 2.45) is 0 Å². The van der Waals surface area contributed by atoms with Gasteiger partial charge in [0.05, 0.1) is 0 Å². The van der Waals surface area contributed by atoms with Crippen LogP contribution < -0.4 is 9.47 Å². The highest BCUT2D eigenvalue weighted by molar-refractivity contribution is 5.75. The monoisotopic (exact) mass is 346 g/mol. The number of rotatable bonds is 8. The Bertz CT molecular complexity index is 831. The Labute approximate surface area is 152 Å². The van der Waals surface area contributed by atoms with Gasteiger partial charge in [0, 0.05) is 11.1 Å². The van der Waals surface area contributed by atoms with E-state index in [9.17, 15) is 9.59 Å². The zero-order valence-electron chi connectivity index (χ0n) is 14.1. The molecule has 0 spiro atoms. The lowest BCUT2D eigenvalue weighted by Gasteiger charge is -2.10. The van der Waals surface area contributed by atoms with Crippen molar-refractivity contribution in [2.45, 2.75) is 13.2 Å². The predicted octanol–water partition coefficient (Wildman–Crippen LogP) is 4.47. The molecule has 0 aliphatic heterocycles. The first-order chi connectivity index (χ1) is 12.8. The van der Waals surface area contributed by atoms with Crippen LogP contribution in [-0.4, -0.2) is 12.6 Å². The molecule has 0 aliphatic rings. The number of ether oxygens (including phenoxy) is 2. The molecule has 26 heavy (non-hydrogen) atoms. The van der Waals surface area contributed by atoms with Gasteiger partial charge in [-0.25, -0.2) is 0 Å². The van der Waals surface area contributed by atoms with Crippen LogP contribution in [0.2, 0.25) is 0 Å². The zero-order chi connectivity index (χ0) is 18.2. The molecule has 0 bridgehead atoms. The van der Waals surface area contributed by atoms with Crippen LogP contribution >= 0.6 is 0 Å². The van der Waals surface area contributed by atoms with Gasteiger partial charge in [-0.1, -0.05) is 42.5 Å². The normalized spacial score (nSPS) is 10.2. The van der Waals surface area contributed by atoms with Crippen LogP contribution in [-0.2, 0) is 13.2 Å². The number of benzene rings is 3. The minimum absolute atomic E-state index is 0.400. The molecular formula is C22H18O4. The van der Waals surface area contributed by atoms with Gasteiger partial charge in [0.25, 0.3) is 0 Å². The fourth-order valence-corrected chi connectivity index (χ4v) is 2.50. The van der Waals surface area contributed by atoms with Crippen LogP contribution in [0.15, 0.2) is 72.8 Å². The third-order valence-corrected chi connectivity index (χ3v) is 3.79. The standard InChI is InChI=1S/C22H18O4/c23-13-17-4-2-8-21(11-17)25-15-19-6-1-7-20(10-19)16-26-22-9-3-5-18(12-22)14-24/h1-14H,15-16H2. The lowest BCUT2D eigenvalue weighted by atomic mass is 10.1. The first-order valence-electron chi connectivity index (χ1n) is 8.21. The minimum atomic E-state index is 0.400. The molecule has 0 atom stereocenters. The molecule has 0 aromatic heterocycles. The Morgan fingerprint density at radius 1 is 0.615 bits per heavy atom. The van der Waals surface area contributed by atoms with Crippen LogP contribution in [0.3, 0.4) is 0 Å². The summed E-state index contributed by atoms with van der Waals surface area (Å²) in [5.41, 5.74) is 3.18. The van der Waals surface area contributed by atoms with Crippen molar-refractivity contribution < 1.29 is 19.1 Å². The van der Waals surface area contributed by atoms with E-state index in [4.69, 9.17) is 9.47 Å². The molecule has 0 heterocycles. The summed E-state index contributed by atoms with van der Waals surface area (Å²) >= 11 is 0. The van der Waals surface area contributed by atoms with Crippen molar-refractivity contribution in [2.75, 3.05) is 0 Å². The van der Waals surface area contributed by atoms with Crippen LogP contribution in [0, 0.1) is 0 Å². The average Bonchev–Trinajstić information content (AvgIpc) is 2.71. The SMILES string of the molecule is O=Cc1cccc(OCc2cccc(COc3cccc(C=O)c3)c2)c1. The lowest BCUT2D eigenvalue weighted by molar-refractivity contribution is 0.111. The molecule has 3 rings (SSSR count). The first-order valence-corrected chi connectivity index (χ1v) is 8.21. The third kappa shape index (κ3) is 4.80. The molecule has 0 amide bonds. The van der Waals surface area contributed by atoms with Crippen LogP contribution in [0.5, 0.6) is 11.5 Å². The van der Waals surface area contributed by atoms with Crippen LogP contribution in [0.1, 0.15) is 31.8 Å². The summed E-state index contributed by atoms with van der Waals surface area (Å²) in [5.74, 6) is 1.31. The topological polar surface area (TPSA) is 52.6 Å².